The summed E-state index contributed by atoms with van der Waals surface area (Å²) in [4.78, 5) is 22.6. The molecule has 4 nitrogen and oxygen atoms in total. The molecular formula is C12H7BrClNO3. The van der Waals surface area contributed by atoms with E-state index in [9.17, 15) is 9.59 Å². The van der Waals surface area contributed by atoms with Gasteiger partial charge >= 0.3 is 5.63 Å². The van der Waals surface area contributed by atoms with Crippen molar-refractivity contribution in [1.82, 2.24) is 0 Å². The molecule has 0 radical (unpaired) electrons. The molecule has 0 aliphatic carbocycles. The highest BCUT2D eigenvalue weighted by atomic mass is 79.9. The van der Waals surface area contributed by atoms with Crippen molar-refractivity contribution < 1.29 is 9.21 Å². The second-order valence-corrected chi connectivity index (χ2v) is 4.74. The lowest BCUT2D eigenvalue weighted by molar-refractivity contribution is 0.102. The maximum atomic E-state index is 11.8. The maximum Gasteiger partial charge on any atom is 0.335 e. The standard InChI is InChI=1S/C12H7BrClNO3/c13-8-2-3-9(14)10(5-8)15-12(17)7-1-4-11(16)18-6-7/h1-6H,(H,15,17). The van der Waals surface area contributed by atoms with Gasteiger partial charge in [0.25, 0.3) is 5.91 Å². The highest BCUT2D eigenvalue weighted by molar-refractivity contribution is 9.10. The van der Waals surface area contributed by atoms with Gasteiger partial charge in [0, 0.05) is 10.5 Å². The first kappa shape index (κ1) is 12.9. The van der Waals surface area contributed by atoms with Gasteiger partial charge in [0.15, 0.2) is 0 Å². The normalized spacial score (nSPS) is 10.1. The average Bonchev–Trinajstić information content (AvgIpc) is 2.34. The summed E-state index contributed by atoms with van der Waals surface area (Å²) in [5.41, 5.74) is 0.208. The number of amides is 1. The fraction of sp³-hybridized carbons (Fsp3) is 0. The van der Waals surface area contributed by atoms with Gasteiger partial charge in [0.05, 0.1) is 16.3 Å². The molecule has 2 aromatic rings. The number of rotatable bonds is 2. The Labute approximate surface area is 116 Å². The maximum absolute atomic E-state index is 11.8. The molecule has 6 heteroatoms. The van der Waals surface area contributed by atoms with E-state index in [1.165, 1.54) is 12.1 Å². The van der Waals surface area contributed by atoms with E-state index < -0.39 is 11.5 Å². The monoisotopic (exact) mass is 327 g/mol. The molecule has 1 N–H and O–H groups in total. The lowest BCUT2D eigenvalue weighted by atomic mass is 10.2. The fourth-order valence-electron chi connectivity index (χ4n) is 1.27. The molecule has 0 atom stereocenters. The number of benzene rings is 1. The first-order chi connectivity index (χ1) is 8.56. The Kier molecular flexibility index (Phi) is 3.84. The van der Waals surface area contributed by atoms with Gasteiger partial charge in [-0.2, -0.15) is 0 Å². The average molecular weight is 329 g/mol. The van der Waals surface area contributed by atoms with Crippen molar-refractivity contribution >= 4 is 39.1 Å². The lowest BCUT2D eigenvalue weighted by Gasteiger charge is -2.07. The van der Waals surface area contributed by atoms with Crippen LogP contribution in [0.1, 0.15) is 10.4 Å². The Morgan fingerprint density at radius 1 is 1.28 bits per heavy atom. The van der Waals surface area contributed by atoms with Crippen LogP contribution in [-0.4, -0.2) is 5.91 Å². The van der Waals surface area contributed by atoms with Gasteiger partial charge in [-0.1, -0.05) is 27.5 Å². The summed E-state index contributed by atoms with van der Waals surface area (Å²) >= 11 is 9.23. The molecule has 0 aliphatic heterocycles. The van der Waals surface area contributed by atoms with Gasteiger partial charge in [-0.05, 0) is 24.3 Å². The van der Waals surface area contributed by atoms with E-state index >= 15 is 0 Å². The fourth-order valence-corrected chi connectivity index (χ4v) is 1.80. The SMILES string of the molecule is O=C(Nc1cc(Br)ccc1Cl)c1ccc(=O)oc1. The summed E-state index contributed by atoms with van der Waals surface area (Å²) in [5.74, 6) is -0.404. The Balaban J connectivity index is 2.23. The number of halogens is 2. The van der Waals surface area contributed by atoms with Crippen LogP contribution < -0.4 is 10.9 Å². The summed E-state index contributed by atoms with van der Waals surface area (Å²) in [6.45, 7) is 0. The molecule has 0 fully saturated rings. The van der Waals surface area contributed by atoms with Gasteiger partial charge in [0.2, 0.25) is 0 Å². The highest BCUT2D eigenvalue weighted by Crippen LogP contribution is 2.26. The van der Waals surface area contributed by atoms with Crippen molar-refractivity contribution in [1.29, 1.82) is 0 Å². The van der Waals surface area contributed by atoms with E-state index in [1.54, 1.807) is 18.2 Å². The van der Waals surface area contributed by atoms with Crippen LogP contribution in [0, 0.1) is 0 Å². The van der Waals surface area contributed by atoms with E-state index in [0.29, 0.717) is 10.7 Å². The van der Waals surface area contributed by atoms with Crippen molar-refractivity contribution in [3.8, 4) is 0 Å². The zero-order chi connectivity index (χ0) is 13.1. The predicted octanol–water partition coefficient (Wildman–Crippen LogP) is 3.31. The summed E-state index contributed by atoms with van der Waals surface area (Å²) in [6.07, 6.45) is 1.10. The van der Waals surface area contributed by atoms with E-state index in [2.05, 4.69) is 25.7 Å². The Morgan fingerprint density at radius 2 is 2.06 bits per heavy atom. The first-order valence-electron chi connectivity index (χ1n) is 4.91. The van der Waals surface area contributed by atoms with E-state index in [4.69, 9.17) is 11.6 Å². The second-order valence-electron chi connectivity index (χ2n) is 3.42. The molecular weight excluding hydrogens is 321 g/mol. The minimum atomic E-state index is -0.507. The molecule has 0 bridgehead atoms. The number of hydrogen-bond acceptors (Lipinski definition) is 3. The molecule has 18 heavy (non-hydrogen) atoms. The van der Waals surface area contributed by atoms with Crippen LogP contribution in [0.4, 0.5) is 5.69 Å². The summed E-state index contributed by atoms with van der Waals surface area (Å²) < 4.78 is 5.41. The van der Waals surface area contributed by atoms with E-state index in [0.717, 1.165) is 10.7 Å². The molecule has 92 valence electrons. The molecule has 0 saturated heterocycles. The van der Waals surface area contributed by atoms with Gasteiger partial charge < -0.3 is 9.73 Å². The van der Waals surface area contributed by atoms with Crippen molar-refractivity contribution in [2.75, 3.05) is 5.32 Å². The summed E-state index contributed by atoms with van der Waals surface area (Å²) in [5, 5.41) is 3.04. The Morgan fingerprint density at radius 3 is 2.72 bits per heavy atom. The molecule has 1 aromatic heterocycles. The largest absolute Gasteiger partial charge is 0.430 e. The van der Waals surface area contributed by atoms with Crippen LogP contribution in [0.2, 0.25) is 5.02 Å². The zero-order valence-corrected chi connectivity index (χ0v) is 11.3. The smallest absolute Gasteiger partial charge is 0.335 e. The third-order valence-electron chi connectivity index (χ3n) is 2.14. The van der Waals surface area contributed by atoms with Crippen LogP contribution in [0.3, 0.4) is 0 Å². The Hall–Kier alpha value is -1.59. The highest BCUT2D eigenvalue weighted by Gasteiger charge is 2.09. The quantitative estimate of drug-likeness (QED) is 0.920. The molecule has 1 aromatic carbocycles. The van der Waals surface area contributed by atoms with E-state index in [1.807, 2.05) is 0 Å². The number of carbonyl (C=O) groups is 1. The second kappa shape index (κ2) is 5.37. The summed E-state index contributed by atoms with van der Waals surface area (Å²) in [7, 11) is 0. The molecule has 0 spiro atoms. The van der Waals surface area contributed by atoms with Gasteiger partial charge in [0.1, 0.15) is 6.26 Å². The lowest BCUT2D eigenvalue weighted by Crippen LogP contribution is -2.13. The van der Waals surface area contributed by atoms with Gasteiger partial charge in [-0.25, -0.2) is 4.79 Å². The van der Waals surface area contributed by atoms with Crippen molar-refractivity contribution in [3.63, 3.8) is 0 Å². The number of carbonyl (C=O) groups excluding carboxylic acids is 1. The topological polar surface area (TPSA) is 59.3 Å². The van der Waals surface area contributed by atoms with Gasteiger partial charge in [-0.3, -0.25) is 4.79 Å². The van der Waals surface area contributed by atoms with Crippen LogP contribution in [0.25, 0.3) is 0 Å². The third kappa shape index (κ3) is 3.00. The molecule has 1 heterocycles. The van der Waals surface area contributed by atoms with Crippen LogP contribution in [-0.2, 0) is 0 Å². The molecule has 2 rings (SSSR count). The number of anilines is 1. The summed E-state index contributed by atoms with van der Waals surface area (Å²) in [6, 6.07) is 7.66. The van der Waals surface area contributed by atoms with Crippen LogP contribution in [0.15, 0.2) is 50.3 Å². The third-order valence-corrected chi connectivity index (χ3v) is 2.96. The first-order valence-corrected chi connectivity index (χ1v) is 6.08. The van der Waals surface area contributed by atoms with Crippen molar-refractivity contribution in [2.24, 2.45) is 0 Å². The molecule has 0 saturated carbocycles. The Bertz CT molecular complexity index is 634. The van der Waals surface area contributed by atoms with Crippen molar-refractivity contribution in [2.45, 2.75) is 0 Å². The van der Waals surface area contributed by atoms with E-state index in [-0.39, 0.29) is 5.56 Å². The molecule has 1 amide bonds. The zero-order valence-electron chi connectivity index (χ0n) is 8.94. The minimum Gasteiger partial charge on any atom is -0.430 e. The van der Waals surface area contributed by atoms with Crippen molar-refractivity contribution in [3.05, 3.63) is 62.1 Å². The van der Waals surface area contributed by atoms with Crippen LogP contribution >= 0.6 is 27.5 Å². The molecule has 0 unspecified atom stereocenters. The minimum absolute atomic E-state index is 0.241. The predicted molar refractivity (Wildman–Crippen MR) is 72.1 cm³/mol. The number of nitrogens with one attached hydrogen (secondary N) is 1. The van der Waals surface area contributed by atoms with Gasteiger partial charge in [-0.15, -0.1) is 0 Å². The van der Waals surface area contributed by atoms with Crippen LogP contribution in [0.5, 0.6) is 0 Å². The number of hydrogen-bond donors (Lipinski definition) is 1. The molecule has 0 aliphatic rings.